The average molecular weight is 332 g/mol. The number of nitrogens with one attached hydrogen (secondary N) is 1. The molecular weight excluding hydrogens is 308 g/mol. The van der Waals surface area contributed by atoms with E-state index in [0.717, 1.165) is 37.1 Å². The maximum absolute atomic E-state index is 12.3. The van der Waals surface area contributed by atoms with Crippen LogP contribution in [0.3, 0.4) is 0 Å². The van der Waals surface area contributed by atoms with Crippen LogP contribution in [0.5, 0.6) is 11.5 Å². The molecule has 1 saturated heterocycles. The first-order chi connectivity index (χ1) is 11.7. The van der Waals surface area contributed by atoms with Crippen molar-refractivity contribution in [2.75, 3.05) is 19.9 Å². The third-order valence-electron chi connectivity index (χ3n) is 4.52. The van der Waals surface area contributed by atoms with Crippen LogP contribution in [-0.4, -0.2) is 36.6 Å². The molecule has 24 heavy (non-hydrogen) atoms. The molecule has 0 aliphatic carbocycles. The number of unbranched alkanes of at least 4 members (excludes halogenated alkanes) is 2. The molecule has 1 N–H and O–H groups in total. The van der Waals surface area contributed by atoms with Gasteiger partial charge >= 0.3 is 0 Å². The van der Waals surface area contributed by atoms with Crippen molar-refractivity contribution in [2.45, 2.75) is 39.2 Å². The molecule has 6 heteroatoms. The second-order valence-corrected chi connectivity index (χ2v) is 6.35. The molecule has 130 valence electrons. The van der Waals surface area contributed by atoms with Gasteiger partial charge in [0.1, 0.15) is 0 Å². The van der Waals surface area contributed by atoms with Crippen LogP contribution in [-0.2, 0) is 16.1 Å². The molecule has 1 unspecified atom stereocenters. The van der Waals surface area contributed by atoms with E-state index in [1.165, 1.54) is 0 Å². The zero-order chi connectivity index (χ0) is 16.9. The zero-order valence-electron chi connectivity index (χ0n) is 14.0. The molecule has 2 heterocycles. The van der Waals surface area contributed by atoms with Gasteiger partial charge in [-0.2, -0.15) is 0 Å². The number of carbonyl (C=O) groups excluding carboxylic acids is 2. The number of amides is 2. The predicted molar refractivity (Wildman–Crippen MR) is 88.6 cm³/mol. The maximum atomic E-state index is 12.3. The minimum atomic E-state index is -0.242. The van der Waals surface area contributed by atoms with Crippen LogP contribution in [0.2, 0.25) is 0 Å². The highest BCUT2D eigenvalue weighted by Gasteiger charge is 2.33. The molecule has 1 atom stereocenters. The van der Waals surface area contributed by atoms with Crippen LogP contribution in [0.4, 0.5) is 0 Å². The Hall–Kier alpha value is -2.24. The molecule has 3 rings (SSSR count). The molecule has 2 aliphatic heterocycles. The largest absolute Gasteiger partial charge is 0.454 e. The van der Waals surface area contributed by atoms with Gasteiger partial charge in [0.15, 0.2) is 11.5 Å². The van der Waals surface area contributed by atoms with Crippen LogP contribution in [0, 0.1) is 5.92 Å². The lowest BCUT2D eigenvalue weighted by Gasteiger charge is -2.16. The fraction of sp³-hybridized carbons (Fsp3) is 0.556. The number of hydrogen-bond acceptors (Lipinski definition) is 4. The molecule has 2 amide bonds. The van der Waals surface area contributed by atoms with Gasteiger partial charge in [-0.3, -0.25) is 9.59 Å². The SMILES string of the molecule is CCCCCN1CC(C(=O)NCc2ccc3c(c2)OCO3)CC1=O. The van der Waals surface area contributed by atoms with E-state index in [9.17, 15) is 9.59 Å². The molecule has 1 aromatic carbocycles. The lowest BCUT2D eigenvalue weighted by molar-refractivity contribution is -0.129. The van der Waals surface area contributed by atoms with Crippen LogP contribution in [0.25, 0.3) is 0 Å². The highest BCUT2D eigenvalue weighted by molar-refractivity contribution is 5.89. The van der Waals surface area contributed by atoms with Gasteiger partial charge in [-0.25, -0.2) is 0 Å². The minimum Gasteiger partial charge on any atom is -0.454 e. The Morgan fingerprint density at radius 1 is 1.29 bits per heavy atom. The van der Waals surface area contributed by atoms with Crippen LogP contribution >= 0.6 is 0 Å². The van der Waals surface area contributed by atoms with Crippen molar-refractivity contribution in [1.29, 1.82) is 0 Å². The monoisotopic (exact) mass is 332 g/mol. The summed E-state index contributed by atoms with van der Waals surface area (Å²) < 4.78 is 10.6. The Morgan fingerprint density at radius 3 is 2.96 bits per heavy atom. The Morgan fingerprint density at radius 2 is 2.12 bits per heavy atom. The van der Waals surface area contributed by atoms with Crippen molar-refractivity contribution >= 4 is 11.8 Å². The number of nitrogens with zero attached hydrogens (tertiary/aromatic N) is 1. The number of carbonyl (C=O) groups is 2. The molecule has 1 fully saturated rings. The summed E-state index contributed by atoms with van der Waals surface area (Å²) in [5.41, 5.74) is 0.955. The molecule has 0 radical (unpaired) electrons. The third-order valence-corrected chi connectivity index (χ3v) is 4.52. The normalized spacial score (nSPS) is 19.0. The number of rotatable bonds is 7. The van der Waals surface area contributed by atoms with Crippen molar-refractivity contribution in [2.24, 2.45) is 5.92 Å². The van der Waals surface area contributed by atoms with Crippen molar-refractivity contribution in [3.63, 3.8) is 0 Å². The minimum absolute atomic E-state index is 0.0565. The summed E-state index contributed by atoms with van der Waals surface area (Å²) in [6, 6.07) is 5.63. The van der Waals surface area contributed by atoms with E-state index in [2.05, 4.69) is 12.2 Å². The standard InChI is InChI=1S/C18H24N2O4/c1-2-3-4-7-20-11-14(9-17(20)21)18(22)19-10-13-5-6-15-16(8-13)24-12-23-15/h5-6,8,14H,2-4,7,9-12H2,1H3,(H,19,22). The number of hydrogen-bond donors (Lipinski definition) is 1. The second-order valence-electron chi connectivity index (χ2n) is 6.35. The number of ether oxygens (including phenoxy) is 2. The lowest BCUT2D eigenvalue weighted by Crippen LogP contribution is -2.32. The summed E-state index contributed by atoms with van der Waals surface area (Å²) in [7, 11) is 0. The first kappa shape index (κ1) is 16.6. The second kappa shape index (κ2) is 7.55. The van der Waals surface area contributed by atoms with E-state index in [1.54, 1.807) is 0 Å². The summed E-state index contributed by atoms with van der Waals surface area (Å²) in [5, 5.41) is 2.93. The van der Waals surface area contributed by atoms with E-state index in [-0.39, 0.29) is 24.5 Å². The zero-order valence-corrected chi connectivity index (χ0v) is 14.0. The summed E-state index contributed by atoms with van der Waals surface area (Å²) in [5.74, 6) is 1.23. The summed E-state index contributed by atoms with van der Waals surface area (Å²) in [4.78, 5) is 26.1. The van der Waals surface area contributed by atoms with E-state index in [4.69, 9.17) is 9.47 Å². The Balaban J connectivity index is 1.48. The van der Waals surface area contributed by atoms with Gasteiger partial charge in [-0.1, -0.05) is 25.8 Å². The van der Waals surface area contributed by atoms with Crippen LogP contribution in [0.1, 0.15) is 38.2 Å². The topological polar surface area (TPSA) is 67.9 Å². The first-order valence-corrected chi connectivity index (χ1v) is 8.61. The predicted octanol–water partition coefficient (Wildman–Crippen LogP) is 2.07. The molecule has 0 saturated carbocycles. The fourth-order valence-corrected chi connectivity index (χ4v) is 3.10. The highest BCUT2D eigenvalue weighted by atomic mass is 16.7. The van der Waals surface area contributed by atoms with Gasteiger partial charge in [0.05, 0.1) is 5.92 Å². The molecule has 0 aromatic heterocycles. The summed E-state index contributed by atoms with van der Waals surface area (Å²) in [6.45, 7) is 4.10. The van der Waals surface area contributed by atoms with Gasteiger partial charge in [-0.15, -0.1) is 0 Å². The molecule has 2 aliphatic rings. The van der Waals surface area contributed by atoms with E-state index >= 15 is 0 Å². The molecule has 0 spiro atoms. The quantitative estimate of drug-likeness (QED) is 0.776. The van der Waals surface area contributed by atoms with Crippen molar-refractivity contribution in [3.05, 3.63) is 23.8 Å². The van der Waals surface area contributed by atoms with Gasteiger partial charge in [-0.05, 0) is 24.1 Å². The van der Waals surface area contributed by atoms with E-state index < -0.39 is 0 Å². The van der Waals surface area contributed by atoms with Crippen LogP contribution in [0.15, 0.2) is 18.2 Å². The van der Waals surface area contributed by atoms with E-state index in [0.29, 0.717) is 25.3 Å². The maximum Gasteiger partial charge on any atom is 0.231 e. The fourth-order valence-electron chi connectivity index (χ4n) is 3.10. The summed E-state index contributed by atoms with van der Waals surface area (Å²) >= 11 is 0. The lowest BCUT2D eigenvalue weighted by atomic mass is 10.1. The average Bonchev–Trinajstić information content (AvgIpc) is 3.19. The third kappa shape index (κ3) is 3.80. The Bertz CT molecular complexity index is 617. The van der Waals surface area contributed by atoms with Gasteiger partial charge in [0.25, 0.3) is 0 Å². The summed E-state index contributed by atoms with van der Waals surface area (Å²) in [6.07, 6.45) is 3.57. The molecule has 0 bridgehead atoms. The number of benzene rings is 1. The van der Waals surface area contributed by atoms with Crippen molar-refractivity contribution in [3.8, 4) is 11.5 Å². The van der Waals surface area contributed by atoms with Crippen LogP contribution < -0.4 is 14.8 Å². The smallest absolute Gasteiger partial charge is 0.231 e. The number of likely N-dealkylation sites (tertiary alicyclic amines) is 1. The molecular formula is C18H24N2O4. The van der Waals surface area contributed by atoms with Gasteiger partial charge < -0.3 is 19.7 Å². The Labute approximate surface area is 142 Å². The first-order valence-electron chi connectivity index (χ1n) is 8.61. The van der Waals surface area contributed by atoms with Gasteiger partial charge in [0, 0.05) is 26.1 Å². The van der Waals surface area contributed by atoms with Crippen molar-refractivity contribution < 1.29 is 19.1 Å². The number of fused-ring (bicyclic) bond motifs is 1. The molecule has 6 nitrogen and oxygen atoms in total. The van der Waals surface area contributed by atoms with E-state index in [1.807, 2.05) is 23.1 Å². The van der Waals surface area contributed by atoms with Gasteiger partial charge in [0.2, 0.25) is 18.6 Å². The Kier molecular flexibility index (Phi) is 5.23. The highest BCUT2D eigenvalue weighted by Crippen LogP contribution is 2.32. The molecule has 1 aromatic rings. The van der Waals surface area contributed by atoms with Crippen molar-refractivity contribution in [1.82, 2.24) is 10.2 Å².